The molecule has 0 radical (unpaired) electrons. The summed E-state index contributed by atoms with van der Waals surface area (Å²) in [7, 11) is 2.94. The van der Waals surface area contributed by atoms with Crippen LogP contribution in [0, 0.1) is 0 Å². The lowest BCUT2D eigenvalue weighted by Crippen LogP contribution is -2.58. The summed E-state index contributed by atoms with van der Waals surface area (Å²) >= 11 is 0. The minimum Gasteiger partial charge on any atom is -0.353 e. The van der Waals surface area contributed by atoms with Crippen LogP contribution in [0.5, 0.6) is 0 Å². The van der Waals surface area contributed by atoms with E-state index in [1.165, 1.54) is 14.2 Å². The number of hydrogen-bond acceptors (Lipinski definition) is 4. The van der Waals surface area contributed by atoms with Gasteiger partial charge in [0, 0.05) is 13.6 Å². The van der Waals surface area contributed by atoms with Crippen LogP contribution in [0.25, 0.3) is 0 Å². The summed E-state index contributed by atoms with van der Waals surface area (Å²) in [6.07, 6.45) is 0. The van der Waals surface area contributed by atoms with Crippen LogP contribution in [0.15, 0.2) is 0 Å². The molecule has 1 rings (SSSR count). The third kappa shape index (κ3) is 2.40. The first-order valence-electron chi connectivity index (χ1n) is 3.97. The second kappa shape index (κ2) is 4.20. The second-order valence-electron chi connectivity index (χ2n) is 2.76. The van der Waals surface area contributed by atoms with E-state index in [1.807, 2.05) is 0 Å². The number of hydrogen-bond donors (Lipinski definition) is 2. The Morgan fingerprint density at radius 1 is 1.69 bits per heavy atom. The number of amides is 2. The molecule has 0 spiro atoms. The Labute approximate surface area is 76.2 Å². The molecular weight excluding hydrogens is 174 g/mol. The number of piperazine rings is 1. The Bertz CT molecular complexity index is 209. The van der Waals surface area contributed by atoms with Gasteiger partial charge in [0.2, 0.25) is 5.91 Å². The van der Waals surface area contributed by atoms with E-state index >= 15 is 0 Å². The van der Waals surface area contributed by atoms with Gasteiger partial charge in [0.1, 0.15) is 6.04 Å². The van der Waals surface area contributed by atoms with Gasteiger partial charge in [0.05, 0.1) is 13.7 Å². The lowest BCUT2D eigenvalue weighted by Gasteiger charge is -2.26. The molecule has 0 aromatic carbocycles. The predicted molar refractivity (Wildman–Crippen MR) is 44.6 cm³/mol. The highest BCUT2D eigenvalue weighted by molar-refractivity contribution is 5.86. The summed E-state index contributed by atoms with van der Waals surface area (Å²) in [6.45, 7) is 0.485. The van der Waals surface area contributed by atoms with Gasteiger partial charge >= 0.3 is 0 Å². The molecule has 1 aliphatic rings. The number of nitrogens with one attached hydrogen (secondary N) is 2. The van der Waals surface area contributed by atoms with Crippen LogP contribution >= 0.6 is 0 Å². The average Bonchev–Trinajstić information content (AvgIpc) is 2.17. The zero-order valence-corrected chi connectivity index (χ0v) is 7.66. The van der Waals surface area contributed by atoms with E-state index in [-0.39, 0.29) is 24.4 Å². The van der Waals surface area contributed by atoms with Gasteiger partial charge in [-0.2, -0.15) is 0 Å². The van der Waals surface area contributed by atoms with Gasteiger partial charge in [-0.25, -0.2) is 5.06 Å². The molecule has 1 unspecified atom stereocenters. The molecule has 1 heterocycles. The van der Waals surface area contributed by atoms with Crippen molar-refractivity contribution in [3.05, 3.63) is 0 Å². The van der Waals surface area contributed by atoms with E-state index in [0.717, 1.165) is 5.06 Å². The Morgan fingerprint density at radius 2 is 2.38 bits per heavy atom. The van der Waals surface area contributed by atoms with Gasteiger partial charge in [-0.1, -0.05) is 0 Å². The van der Waals surface area contributed by atoms with Crippen molar-refractivity contribution < 1.29 is 14.4 Å². The van der Waals surface area contributed by atoms with Crippen LogP contribution in [-0.4, -0.2) is 50.2 Å². The fraction of sp³-hybridized carbons (Fsp3) is 0.714. The van der Waals surface area contributed by atoms with Crippen molar-refractivity contribution in [1.82, 2.24) is 15.7 Å². The molecule has 0 saturated carbocycles. The van der Waals surface area contributed by atoms with Gasteiger partial charge < -0.3 is 5.32 Å². The van der Waals surface area contributed by atoms with Crippen LogP contribution in [-0.2, 0) is 14.4 Å². The highest BCUT2D eigenvalue weighted by Crippen LogP contribution is 1.94. The summed E-state index contributed by atoms with van der Waals surface area (Å²) in [5.41, 5.74) is 0. The van der Waals surface area contributed by atoms with Crippen LogP contribution < -0.4 is 10.6 Å². The maximum atomic E-state index is 11.4. The van der Waals surface area contributed by atoms with Crippen molar-refractivity contribution in [2.24, 2.45) is 0 Å². The van der Waals surface area contributed by atoms with Gasteiger partial charge in [-0.15, -0.1) is 0 Å². The predicted octanol–water partition coefficient (Wildman–Crippen LogP) is -1.91. The van der Waals surface area contributed by atoms with Gasteiger partial charge in [0.15, 0.2) is 0 Å². The first kappa shape index (κ1) is 9.94. The van der Waals surface area contributed by atoms with Crippen LogP contribution in [0.3, 0.4) is 0 Å². The van der Waals surface area contributed by atoms with E-state index in [0.29, 0.717) is 6.54 Å². The van der Waals surface area contributed by atoms with E-state index in [9.17, 15) is 9.59 Å². The fourth-order valence-corrected chi connectivity index (χ4v) is 1.05. The highest BCUT2D eigenvalue weighted by atomic mass is 16.7. The van der Waals surface area contributed by atoms with E-state index in [2.05, 4.69) is 10.6 Å². The normalized spacial score (nSPS) is 22.3. The zero-order chi connectivity index (χ0) is 9.84. The van der Waals surface area contributed by atoms with Gasteiger partial charge in [0.25, 0.3) is 5.91 Å². The third-order valence-corrected chi connectivity index (χ3v) is 1.89. The Morgan fingerprint density at radius 3 is 2.85 bits per heavy atom. The summed E-state index contributed by atoms with van der Waals surface area (Å²) in [4.78, 5) is 26.9. The molecule has 1 atom stereocenters. The molecule has 74 valence electrons. The smallest absolute Gasteiger partial charge is 0.264 e. The number of likely N-dealkylation sites (N-methyl/N-ethyl adjacent to an activating group) is 1. The molecular formula is C7H13N3O3. The number of carbonyl (C=O) groups excluding carboxylic acids is 2. The second-order valence-corrected chi connectivity index (χ2v) is 2.76. The lowest BCUT2D eigenvalue weighted by atomic mass is 10.2. The average molecular weight is 187 g/mol. The number of rotatable bonds is 2. The lowest BCUT2D eigenvalue weighted by molar-refractivity contribution is -0.171. The molecule has 6 nitrogen and oxygen atoms in total. The molecule has 0 aliphatic carbocycles. The van der Waals surface area contributed by atoms with E-state index < -0.39 is 0 Å². The van der Waals surface area contributed by atoms with Crippen molar-refractivity contribution in [2.75, 3.05) is 27.2 Å². The standard InChI is InChI=1S/C7H13N3O3/c1-10(13-2)7(12)5-3-9-6(11)4-8-5/h5,8H,3-4H2,1-2H3,(H,9,11). The third-order valence-electron chi connectivity index (χ3n) is 1.89. The Balaban J connectivity index is 2.44. The van der Waals surface area contributed by atoms with Crippen molar-refractivity contribution in [3.8, 4) is 0 Å². The van der Waals surface area contributed by atoms with Crippen LogP contribution in [0.1, 0.15) is 0 Å². The summed E-state index contributed by atoms with van der Waals surface area (Å²) in [5, 5.41) is 6.52. The largest absolute Gasteiger partial charge is 0.353 e. The highest BCUT2D eigenvalue weighted by Gasteiger charge is 2.26. The summed E-state index contributed by atoms with van der Waals surface area (Å²) in [5.74, 6) is -0.286. The first-order valence-corrected chi connectivity index (χ1v) is 3.97. The summed E-state index contributed by atoms with van der Waals surface area (Å²) < 4.78 is 0. The number of hydroxylamine groups is 2. The first-order chi connectivity index (χ1) is 6.15. The Kier molecular flexibility index (Phi) is 3.21. The molecule has 1 saturated heterocycles. The Hall–Kier alpha value is -1.14. The minimum atomic E-state index is -0.386. The summed E-state index contributed by atoms with van der Waals surface area (Å²) in [6, 6.07) is -0.386. The quantitative estimate of drug-likeness (QED) is 0.495. The zero-order valence-electron chi connectivity index (χ0n) is 7.66. The number of carbonyl (C=O) groups is 2. The van der Waals surface area contributed by atoms with Crippen LogP contribution in [0.4, 0.5) is 0 Å². The molecule has 2 N–H and O–H groups in total. The molecule has 0 aromatic heterocycles. The molecule has 0 aromatic rings. The van der Waals surface area contributed by atoms with Crippen molar-refractivity contribution in [2.45, 2.75) is 6.04 Å². The molecule has 0 bridgehead atoms. The monoisotopic (exact) mass is 187 g/mol. The SMILES string of the molecule is CON(C)C(=O)C1CNC(=O)CN1. The topological polar surface area (TPSA) is 70.7 Å². The fourth-order valence-electron chi connectivity index (χ4n) is 1.05. The minimum absolute atomic E-state index is 0.0934. The molecule has 1 fully saturated rings. The molecule has 2 amide bonds. The van der Waals surface area contributed by atoms with Crippen molar-refractivity contribution in [3.63, 3.8) is 0 Å². The molecule has 1 aliphatic heterocycles. The van der Waals surface area contributed by atoms with Crippen LogP contribution in [0.2, 0.25) is 0 Å². The number of nitrogens with zero attached hydrogens (tertiary/aromatic N) is 1. The van der Waals surface area contributed by atoms with Crippen molar-refractivity contribution >= 4 is 11.8 Å². The van der Waals surface area contributed by atoms with E-state index in [1.54, 1.807) is 0 Å². The van der Waals surface area contributed by atoms with Gasteiger partial charge in [-0.3, -0.25) is 19.7 Å². The molecule has 13 heavy (non-hydrogen) atoms. The van der Waals surface area contributed by atoms with Crippen molar-refractivity contribution in [1.29, 1.82) is 0 Å². The van der Waals surface area contributed by atoms with E-state index in [4.69, 9.17) is 4.84 Å². The maximum absolute atomic E-state index is 11.4. The molecule has 6 heteroatoms. The van der Waals surface area contributed by atoms with Gasteiger partial charge in [-0.05, 0) is 0 Å². The maximum Gasteiger partial charge on any atom is 0.264 e.